The van der Waals surface area contributed by atoms with Gasteiger partial charge in [0.25, 0.3) is 0 Å². The second-order valence-corrected chi connectivity index (χ2v) is 6.37. The number of imidazole rings is 1. The Morgan fingerprint density at radius 1 is 1.46 bits per heavy atom. The molecule has 1 saturated heterocycles. The lowest BCUT2D eigenvalue weighted by Gasteiger charge is -2.37. The van der Waals surface area contributed by atoms with Crippen molar-refractivity contribution >= 4 is 5.97 Å². The summed E-state index contributed by atoms with van der Waals surface area (Å²) in [5.41, 5.74) is 0.891. The standard InChI is InChI=1S/C18H24N4O2/c1-21-10-8-20-16(21)11-14-5-4-9-22(13-14)17(18(23)24-2)15-6-3-7-19-12-15/h3,6-8,10,12,14,17H,4-5,9,11,13H2,1-2H3/t14-,17-/m1/s1. The van der Waals surface area contributed by atoms with Crippen LogP contribution in [0.25, 0.3) is 0 Å². The van der Waals surface area contributed by atoms with Crippen molar-refractivity contribution in [1.82, 2.24) is 19.4 Å². The summed E-state index contributed by atoms with van der Waals surface area (Å²) in [6.45, 7) is 1.76. The summed E-state index contributed by atoms with van der Waals surface area (Å²) in [4.78, 5) is 23.2. The van der Waals surface area contributed by atoms with Gasteiger partial charge in [-0.05, 0) is 36.9 Å². The fourth-order valence-electron chi connectivity index (χ4n) is 3.50. The molecular formula is C18H24N4O2. The normalized spacial score (nSPS) is 19.8. The number of hydrogen-bond donors (Lipinski definition) is 0. The largest absolute Gasteiger partial charge is 0.468 e. The number of nitrogens with zero attached hydrogens (tertiary/aromatic N) is 4. The lowest BCUT2D eigenvalue weighted by Crippen LogP contribution is -2.42. The molecule has 3 rings (SSSR count). The SMILES string of the molecule is COC(=O)[C@@H](c1cccnc1)N1CCC[C@H](Cc2nccn2C)C1. The van der Waals surface area contributed by atoms with Crippen LogP contribution in [0, 0.1) is 5.92 Å². The lowest BCUT2D eigenvalue weighted by atomic mass is 9.92. The highest BCUT2D eigenvalue weighted by Crippen LogP contribution is 2.29. The number of hydrogen-bond acceptors (Lipinski definition) is 5. The molecule has 24 heavy (non-hydrogen) atoms. The predicted molar refractivity (Wildman–Crippen MR) is 90.2 cm³/mol. The molecule has 6 heteroatoms. The van der Waals surface area contributed by atoms with Crippen molar-refractivity contribution in [3.63, 3.8) is 0 Å². The first kappa shape index (κ1) is 16.6. The van der Waals surface area contributed by atoms with E-state index in [4.69, 9.17) is 4.74 Å². The van der Waals surface area contributed by atoms with Gasteiger partial charge in [-0.15, -0.1) is 0 Å². The Hall–Kier alpha value is -2.21. The monoisotopic (exact) mass is 328 g/mol. The van der Waals surface area contributed by atoms with Gasteiger partial charge in [0, 0.05) is 44.8 Å². The van der Waals surface area contributed by atoms with Crippen LogP contribution in [0.2, 0.25) is 0 Å². The maximum absolute atomic E-state index is 12.4. The Kier molecular flexibility index (Phi) is 5.25. The maximum Gasteiger partial charge on any atom is 0.327 e. The molecule has 0 spiro atoms. The summed E-state index contributed by atoms with van der Waals surface area (Å²) in [5, 5.41) is 0. The Morgan fingerprint density at radius 3 is 3.00 bits per heavy atom. The summed E-state index contributed by atoms with van der Waals surface area (Å²) in [6, 6.07) is 3.42. The third-order valence-electron chi connectivity index (χ3n) is 4.73. The van der Waals surface area contributed by atoms with Gasteiger partial charge in [-0.1, -0.05) is 6.07 Å². The van der Waals surface area contributed by atoms with Crippen LogP contribution in [-0.4, -0.2) is 45.6 Å². The molecule has 0 radical (unpaired) electrons. The molecule has 0 N–H and O–H groups in total. The van der Waals surface area contributed by atoms with Crippen molar-refractivity contribution in [3.05, 3.63) is 48.3 Å². The van der Waals surface area contributed by atoms with Gasteiger partial charge in [-0.2, -0.15) is 0 Å². The highest BCUT2D eigenvalue weighted by Gasteiger charge is 2.33. The van der Waals surface area contributed by atoms with E-state index in [0.717, 1.165) is 43.7 Å². The third-order valence-corrected chi connectivity index (χ3v) is 4.73. The average Bonchev–Trinajstić information content (AvgIpc) is 3.01. The van der Waals surface area contributed by atoms with Gasteiger partial charge in [0.15, 0.2) is 0 Å². The summed E-state index contributed by atoms with van der Waals surface area (Å²) in [5.74, 6) is 1.36. The molecule has 1 aliphatic heterocycles. The third kappa shape index (κ3) is 3.64. The molecule has 2 aromatic heterocycles. The average molecular weight is 328 g/mol. The highest BCUT2D eigenvalue weighted by atomic mass is 16.5. The molecule has 0 aromatic carbocycles. The second kappa shape index (κ2) is 7.57. The number of aryl methyl sites for hydroxylation is 1. The van der Waals surface area contributed by atoms with Crippen LogP contribution in [0.1, 0.15) is 30.3 Å². The molecular weight excluding hydrogens is 304 g/mol. The van der Waals surface area contributed by atoms with E-state index in [1.807, 2.05) is 31.6 Å². The van der Waals surface area contributed by atoms with Crippen molar-refractivity contribution in [3.8, 4) is 0 Å². The molecule has 0 unspecified atom stereocenters. The highest BCUT2D eigenvalue weighted by molar-refractivity contribution is 5.77. The van der Waals surface area contributed by atoms with Gasteiger partial charge in [-0.3, -0.25) is 9.88 Å². The molecule has 0 saturated carbocycles. The minimum atomic E-state index is -0.382. The number of rotatable bonds is 5. The van der Waals surface area contributed by atoms with E-state index in [9.17, 15) is 4.79 Å². The zero-order chi connectivity index (χ0) is 16.9. The maximum atomic E-state index is 12.4. The molecule has 0 aliphatic carbocycles. The van der Waals surface area contributed by atoms with Gasteiger partial charge in [0.05, 0.1) is 7.11 Å². The number of esters is 1. The van der Waals surface area contributed by atoms with Crippen LogP contribution in [0.3, 0.4) is 0 Å². The first-order valence-corrected chi connectivity index (χ1v) is 8.37. The Labute approximate surface area is 142 Å². The first-order valence-electron chi connectivity index (χ1n) is 8.37. The molecule has 2 atom stereocenters. The van der Waals surface area contributed by atoms with Crippen molar-refractivity contribution in [2.24, 2.45) is 13.0 Å². The van der Waals surface area contributed by atoms with E-state index in [1.54, 1.807) is 12.4 Å². The molecule has 0 bridgehead atoms. The summed E-state index contributed by atoms with van der Waals surface area (Å²) in [6.07, 6.45) is 10.4. The summed E-state index contributed by atoms with van der Waals surface area (Å²) in [7, 11) is 3.47. The zero-order valence-corrected chi connectivity index (χ0v) is 14.3. The van der Waals surface area contributed by atoms with Crippen LogP contribution >= 0.6 is 0 Å². The van der Waals surface area contributed by atoms with E-state index in [1.165, 1.54) is 7.11 Å². The molecule has 6 nitrogen and oxygen atoms in total. The van der Waals surface area contributed by atoms with Gasteiger partial charge < -0.3 is 9.30 Å². The fraction of sp³-hybridized carbons (Fsp3) is 0.500. The molecule has 0 amide bonds. The topological polar surface area (TPSA) is 60.2 Å². The number of piperidine rings is 1. The van der Waals surface area contributed by atoms with Crippen LogP contribution < -0.4 is 0 Å². The van der Waals surface area contributed by atoms with E-state index in [0.29, 0.717) is 5.92 Å². The van der Waals surface area contributed by atoms with Crippen molar-refractivity contribution in [2.75, 3.05) is 20.2 Å². The molecule has 2 aromatic rings. The van der Waals surface area contributed by atoms with Gasteiger partial charge in [0.2, 0.25) is 0 Å². The predicted octanol–water partition coefficient (Wildman–Crippen LogP) is 1.98. The van der Waals surface area contributed by atoms with Gasteiger partial charge in [0.1, 0.15) is 11.9 Å². The Morgan fingerprint density at radius 2 is 2.33 bits per heavy atom. The fourth-order valence-corrected chi connectivity index (χ4v) is 3.50. The Balaban J connectivity index is 1.75. The van der Waals surface area contributed by atoms with Gasteiger partial charge in [-0.25, -0.2) is 9.78 Å². The van der Waals surface area contributed by atoms with Crippen molar-refractivity contribution in [1.29, 1.82) is 0 Å². The number of carbonyl (C=O) groups is 1. The van der Waals surface area contributed by atoms with Crippen LogP contribution in [0.15, 0.2) is 36.9 Å². The van der Waals surface area contributed by atoms with E-state index in [-0.39, 0.29) is 12.0 Å². The minimum Gasteiger partial charge on any atom is -0.468 e. The summed E-state index contributed by atoms with van der Waals surface area (Å²) < 4.78 is 7.12. The van der Waals surface area contributed by atoms with E-state index in [2.05, 4.69) is 19.4 Å². The van der Waals surface area contributed by atoms with E-state index >= 15 is 0 Å². The smallest absolute Gasteiger partial charge is 0.327 e. The Bertz CT molecular complexity index is 671. The number of pyridine rings is 1. The quantitative estimate of drug-likeness (QED) is 0.786. The summed E-state index contributed by atoms with van der Waals surface area (Å²) >= 11 is 0. The van der Waals surface area contributed by atoms with Crippen LogP contribution in [0.5, 0.6) is 0 Å². The van der Waals surface area contributed by atoms with E-state index < -0.39 is 0 Å². The number of carbonyl (C=O) groups excluding carboxylic acids is 1. The molecule has 1 aliphatic rings. The van der Waals surface area contributed by atoms with Gasteiger partial charge >= 0.3 is 5.97 Å². The number of methoxy groups -OCH3 is 1. The lowest BCUT2D eigenvalue weighted by molar-refractivity contribution is -0.148. The zero-order valence-electron chi connectivity index (χ0n) is 14.3. The first-order chi connectivity index (χ1) is 11.7. The van der Waals surface area contributed by atoms with Crippen LogP contribution in [-0.2, 0) is 23.0 Å². The number of ether oxygens (including phenoxy) is 1. The molecule has 1 fully saturated rings. The molecule has 128 valence electrons. The minimum absolute atomic E-state index is 0.222. The number of aromatic nitrogens is 3. The molecule has 3 heterocycles. The van der Waals surface area contributed by atoms with Crippen LogP contribution in [0.4, 0.5) is 0 Å². The second-order valence-electron chi connectivity index (χ2n) is 6.37. The van der Waals surface area contributed by atoms with Crippen molar-refractivity contribution < 1.29 is 9.53 Å². The number of likely N-dealkylation sites (tertiary alicyclic amines) is 1. The van der Waals surface area contributed by atoms with Crippen molar-refractivity contribution in [2.45, 2.75) is 25.3 Å².